The lowest BCUT2D eigenvalue weighted by molar-refractivity contribution is -0.131. The second kappa shape index (κ2) is 12.2. The molecule has 1 atom stereocenters. The van der Waals surface area contributed by atoms with Gasteiger partial charge in [0.25, 0.3) is 5.91 Å². The second-order valence-electron chi connectivity index (χ2n) is 9.57. The summed E-state index contributed by atoms with van der Waals surface area (Å²) in [6.45, 7) is 0.907. The minimum atomic E-state index is -0.862. The highest BCUT2D eigenvalue weighted by atomic mass is 19.1. The molecule has 14 nitrogen and oxygen atoms in total. The van der Waals surface area contributed by atoms with Crippen LogP contribution in [0.1, 0.15) is 16.9 Å². The topological polar surface area (TPSA) is 151 Å². The van der Waals surface area contributed by atoms with E-state index in [4.69, 9.17) is 4.74 Å². The van der Waals surface area contributed by atoms with E-state index in [9.17, 15) is 19.2 Å². The van der Waals surface area contributed by atoms with Gasteiger partial charge in [-0.15, -0.1) is 0 Å². The first-order valence-corrected chi connectivity index (χ1v) is 13.1. The number of hydrogen-bond acceptors (Lipinski definition) is 9. The largest absolute Gasteiger partial charge is 0.453 e. The van der Waals surface area contributed by atoms with Gasteiger partial charge in [0, 0.05) is 69.9 Å². The molecule has 2 aliphatic rings. The van der Waals surface area contributed by atoms with Crippen molar-refractivity contribution in [1.29, 1.82) is 0 Å². The zero-order valence-electron chi connectivity index (χ0n) is 22.6. The zero-order valence-corrected chi connectivity index (χ0v) is 22.6. The number of carbonyl (C=O) groups excluding carboxylic acids is 4. The molecule has 1 aromatic carbocycles. The lowest BCUT2D eigenvalue weighted by Crippen LogP contribution is -2.49. The number of fused-ring (bicyclic) bond motifs is 1. The molecule has 42 heavy (non-hydrogen) atoms. The molecule has 222 valence electrons. The number of halogens is 2. The molecule has 0 aliphatic carbocycles. The van der Waals surface area contributed by atoms with Crippen molar-refractivity contribution in [1.82, 2.24) is 29.9 Å². The molecule has 2 aliphatic heterocycles. The first kappa shape index (κ1) is 28.5. The van der Waals surface area contributed by atoms with Crippen LogP contribution in [0.3, 0.4) is 0 Å². The van der Waals surface area contributed by atoms with E-state index in [2.05, 4.69) is 25.3 Å². The van der Waals surface area contributed by atoms with Gasteiger partial charge in [-0.25, -0.2) is 28.3 Å². The Labute approximate surface area is 238 Å². The Hall–Kier alpha value is -5.02. The van der Waals surface area contributed by atoms with Crippen molar-refractivity contribution in [2.45, 2.75) is 12.5 Å². The van der Waals surface area contributed by atoms with Gasteiger partial charge in [-0.3, -0.25) is 18.9 Å². The smallest absolute Gasteiger partial charge is 0.414 e. The number of nitrogens with one attached hydrogen (secondary N) is 2. The molecule has 4 heterocycles. The van der Waals surface area contributed by atoms with Gasteiger partial charge in [-0.1, -0.05) is 0 Å². The Morgan fingerprint density at radius 2 is 1.86 bits per heavy atom. The van der Waals surface area contributed by atoms with E-state index in [0.717, 1.165) is 17.0 Å². The van der Waals surface area contributed by atoms with Crippen LogP contribution in [0.5, 0.6) is 0 Å². The SMILES string of the molecule is COC(=O)NCC1CN(c2cc(F)c(N3CCN(C(=O)CCNC(=O)c4cn5cccnc5n4)CC3)c(F)c2)C(=O)O1. The summed E-state index contributed by atoms with van der Waals surface area (Å²) < 4.78 is 41.5. The minimum Gasteiger partial charge on any atom is -0.453 e. The number of benzene rings is 1. The second-order valence-corrected chi connectivity index (χ2v) is 9.57. The van der Waals surface area contributed by atoms with E-state index in [1.807, 2.05) is 0 Å². The maximum absolute atomic E-state index is 15.1. The number of methoxy groups -OCH3 is 1. The van der Waals surface area contributed by atoms with Crippen LogP contribution in [0.2, 0.25) is 0 Å². The molecule has 4 amide bonds. The summed E-state index contributed by atoms with van der Waals surface area (Å²) in [5, 5.41) is 5.08. The van der Waals surface area contributed by atoms with E-state index in [-0.39, 0.29) is 75.2 Å². The van der Waals surface area contributed by atoms with Gasteiger partial charge < -0.3 is 29.9 Å². The molecule has 1 unspecified atom stereocenters. The number of piperazine rings is 1. The summed E-state index contributed by atoms with van der Waals surface area (Å²) in [5.41, 5.74) is -0.0894. The van der Waals surface area contributed by atoms with Gasteiger partial charge in [-0.2, -0.15) is 0 Å². The highest BCUT2D eigenvalue weighted by Crippen LogP contribution is 2.31. The van der Waals surface area contributed by atoms with E-state index in [1.54, 1.807) is 34.0 Å². The molecule has 2 aromatic heterocycles. The normalized spacial score (nSPS) is 16.9. The van der Waals surface area contributed by atoms with Gasteiger partial charge in [0.2, 0.25) is 11.7 Å². The standard InChI is InChI=1S/C26H28F2N8O6/c1-41-25(39)31-13-17-14-36(26(40)42-17)16-11-18(27)22(19(28)12-16)34-9-7-33(8-10-34)21(37)3-5-29-23(38)20-15-35-6-2-4-30-24(35)32-20/h2,4,6,11-12,15,17H,3,5,7-10,13-14H2,1H3,(H,29,38)(H,31,39). The monoisotopic (exact) mass is 586 g/mol. The number of hydrogen-bond donors (Lipinski definition) is 2. The van der Waals surface area contributed by atoms with Crippen LogP contribution in [0, 0.1) is 11.6 Å². The summed E-state index contributed by atoms with van der Waals surface area (Å²) >= 11 is 0. The van der Waals surface area contributed by atoms with Crippen molar-refractivity contribution in [3.63, 3.8) is 0 Å². The van der Waals surface area contributed by atoms with Crippen molar-refractivity contribution in [2.24, 2.45) is 0 Å². The molecule has 16 heteroatoms. The Morgan fingerprint density at radius 3 is 2.55 bits per heavy atom. The average Bonchev–Trinajstić information content (AvgIpc) is 3.59. The summed E-state index contributed by atoms with van der Waals surface area (Å²) in [5.74, 6) is -1.97. The Morgan fingerprint density at radius 1 is 1.12 bits per heavy atom. The summed E-state index contributed by atoms with van der Waals surface area (Å²) in [6, 6.07) is 3.81. The number of amides is 4. The van der Waals surface area contributed by atoms with E-state index < -0.39 is 35.8 Å². The summed E-state index contributed by atoms with van der Waals surface area (Å²) in [4.78, 5) is 60.9. The summed E-state index contributed by atoms with van der Waals surface area (Å²) in [6.07, 6.45) is 2.67. The van der Waals surface area contributed by atoms with Crippen LogP contribution in [0.25, 0.3) is 5.78 Å². The molecule has 5 rings (SSSR count). The maximum atomic E-state index is 15.1. The molecule has 2 N–H and O–H groups in total. The molecule has 0 spiro atoms. The first-order chi connectivity index (χ1) is 20.2. The fraction of sp³-hybridized carbons (Fsp3) is 0.385. The number of ether oxygens (including phenoxy) is 2. The van der Waals surface area contributed by atoms with Gasteiger partial charge in [0.15, 0.2) is 11.6 Å². The maximum Gasteiger partial charge on any atom is 0.414 e. The number of imidazole rings is 1. The van der Waals surface area contributed by atoms with Crippen molar-refractivity contribution in [2.75, 3.05) is 62.7 Å². The number of anilines is 2. The Kier molecular flexibility index (Phi) is 8.31. The van der Waals surface area contributed by atoms with E-state index in [0.29, 0.717) is 5.78 Å². The van der Waals surface area contributed by atoms with Gasteiger partial charge in [0.1, 0.15) is 17.5 Å². The van der Waals surface area contributed by atoms with Crippen LogP contribution in [-0.2, 0) is 14.3 Å². The van der Waals surface area contributed by atoms with Crippen molar-refractivity contribution in [3.05, 3.63) is 54.1 Å². The van der Waals surface area contributed by atoms with Crippen LogP contribution in [-0.4, -0.2) is 102 Å². The number of alkyl carbamates (subject to hydrolysis) is 1. The molecule has 2 saturated heterocycles. The molecule has 2 fully saturated rings. The molecule has 3 aromatic rings. The molecule has 0 bridgehead atoms. The minimum absolute atomic E-state index is 0.0154. The third-order valence-electron chi connectivity index (χ3n) is 6.89. The predicted molar refractivity (Wildman–Crippen MR) is 143 cm³/mol. The fourth-order valence-corrected chi connectivity index (χ4v) is 4.77. The number of rotatable bonds is 8. The molecular weight excluding hydrogens is 558 g/mol. The molecule has 0 saturated carbocycles. The Balaban J connectivity index is 1.11. The van der Waals surface area contributed by atoms with Crippen LogP contribution >= 0.6 is 0 Å². The predicted octanol–water partition coefficient (Wildman–Crippen LogP) is 1.16. The fourth-order valence-electron chi connectivity index (χ4n) is 4.77. The van der Waals surface area contributed by atoms with Crippen molar-refractivity contribution >= 4 is 41.2 Å². The van der Waals surface area contributed by atoms with Crippen molar-refractivity contribution in [3.8, 4) is 0 Å². The van der Waals surface area contributed by atoms with Gasteiger partial charge in [0.05, 0.1) is 25.9 Å². The molecule has 0 radical (unpaired) electrons. The van der Waals surface area contributed by atoms with E-state index in [1.165, 1.54) is 12.0 Å². The zero-order chi connectivity index (χ0) is 29.8. The van der Waals surface area contributed by atoms with Crippen LogP contribution in [0.15, 0.2) is 36.8 Å². The highest BCUT2D eigenvalue weighted by Gasteiger charge is 2.34. The third kappa shape index (κ3) is 6.16. The van der Waals surface area contributed by atoms with Gasteiger partial charge in [-0.05, 0) is 6.07 Å². The number of aromatic nitrogens is 3. The van der Waals surface area contributed by atoms with E-state index >= 15 is 8.78 Å². The lowest BCUT2D eigenvalue weighted by Gasteiger charge is -2.36. The number of nitrogens with zero attached hydrogens (tertiary/aromatic N) is 6. The van der Waals surface area contributed by atoms with Crippen molar-refractivity contribution < 1.29 is 37.4 Å². The number of cyclic esters (lactones) is 1. The number of carbonyl (C=O) groups is 4. The third-order valence-corrected chi connectivity index (χ3v) is 6.89. The van der Waals surface area contributed by atoms with Crippen LogP contribution in [0.4, 0.5) is 29.7 Å². The Bertz CT molecular complexity index is 1450. The highest BCUT2D eigenvalue weighted by molar-refractivity contribution is 5.93. The quantitative estimate of drug-likeness (QED) is 0.396. The molecular formula is C26H28F2N8O6. The van der Waals surface area contributed by atoms with Gasteiger partial charge >= 0.3 is 12.2 Å². The lowest BCUT2D eigenvalue weighted by atomic mass is 10.2. The average molecular weight is 587 g/mol. The van der Waals surface area contributed by atoms with Crippen LogP contribution < -0.4 is 20.4 Å². The first-order valence-electron chi connectivity index (χ1n) is 13.1. The summed E-state index contributed by atoms with van der Waals surface area (Å²) in [7, 11) is 1.19.